The van der Waals surface area contributed by atoms with Crippen LogP contribution in [0.15, 0.2) is 30.3 Å². The van der Waals surface area contributed by atoms with Crippen molar-refractivity contribution in [3.05, 3.63) is 47.2 Å². The van der Waals surface area contributed by atoms with E-state index in [-0.39, 0.29) is 23.9 Å². The molecule has 2 aromatic rings. The minimum absolute atomic E-state index is 0.0293. The highest BCUT2D eigenvalue weighted by atomic mass is 16.5. The number of ether oxygens (including phenoxy) is 2. The molecule has 0 N–H and O–H groups in total. The van der Waals surface area contributed by atoms with Crippen LogP contribution < -0.4 is 4.74 Å². The van der Waals surface area contributed by atoms with E-state index in [0.29, 0.717) is 25.0 Å². The molecule has 1 aliphatic heterocycles. The number of Topliss-reactive ketones (excluding diaryl/α,β-unsaturated/α-hetero) is 1. The maximum Gasteiger partial charge on any atom is 0.233 e. The molecule has 3 rings (SSSR count). The van der Waals surface area contributed by atoms with Crippen molar-refractivity contribution in [3.8, 4) is 23.1 Å². The van der Waals surface area contributed by atoms with Crippen molar-refractivity contribution in [2.24, 2.45) is 0 Å². The van der Waals surface area contributed by atoms with Crippen molar-refractivity contribution < 1.29 is 14.3 Å². The van der Waals surface area contributed by atoms with Gasteiger partial charge in [0.05, 0.1) is 17.9 Å². The second-order valence-corrected chi connectivity index (χ2v) is 6.98. The van der Waals surface area contributed by atoms with Gasteiger partial charge >= 0.3 is 0 Å². The van der Waals surface area contributed by atoms with E-state index in [0.717, 1.165) is 22.4 Å². The smallest absolute Gasteiger partial charge is 0.233 e. The lowest BCUT2D eigenvalue weighted by atomic mass is 9.89. The minimum atomic E-state index is -0.335. The number of ketones is 1. The maximum absolute atomic E-state index is 11.7. The number of benzene rings is 1. The molecule has 0 amide bonds. The van der Waals surface area contributed by atoms with Crippen molar-refractivity contribution >= 4 is 5.78 Å². The van der Waals surface area contributed by atoms with Gasteiger partial charge in [0.25, 0.3) is 0 Å². The molecular weight excluding hydrogens is 328 g/mol. The van der Waals surface area contributed by atoms with Crippen molar-refractivity contribution in [2.75, 3.05) is 6.61 Å². The van der Waals surface area contributed by atoms with Gasteiger partial charge < -0.3 is 9.47 Å². The largest absolute Gasteiger partial charge is 0.469 e. The molecule has 0 aliphatic carbocycles. The number of pyridine rings is 1. The second kappa shape index (κ2) is 7.27. The van der Waals surface area contributed by atoms with Crippen molar-refractivity contribution in [1.29, 1.82) is 5.26 Å². The Morgan fingerprint density at radius 1 is 1.35 bits per heavy atom. The minimum Gasteiger partial charge on any atom is -0.469 e. The Morgan fingerprint density at radius 2 is 2.08 bits per heavy atom. The molecule has 0 radical (unpaired) electrons. The third kappa shape index (κ3) is 3.61. The average molecular weight is 350 g/mol. The Hall–Kier alpha value is -2.71. The standard InChI is InChI=1S/C21H22N2O3/c1-4-15(24)12-25-20-16(11-22)19(14-8-6-5-7-9-14)17-13-26-21(2,3)10-18(17)23-20/h5-9H,4,10,12-13H2,1-3H3. The molecule has 134 valence electrons. The van der Waals surface area contributed by atoms with Crippen LogP contribution in [0.1, 0.15) is 44.0 Å². The van der Waals surface area contributed by atoms with Crippen LogP contribution in [-0.2, 0) is 22.6 Å². The molecule has 1 aromatic heterocycles. The summed E-state index contributed by atoms with van der Waals surface area (Å²) in [6, 6.07) is 11.9. The van der Waals surface area contributed by atoms with Gasteiger partial charge in [0, 0.05) is 24.0 Å². The first-order valence-corrected chi connectivity index (χ1v) is 8.75. The summed E-state index contributed by atoms with van der Waals surface area (Å²) in [6.07, 6.45) is 1.01. The summed E-state index contributed by atoms with van der Waals surface area (Å²) < 4.78 is 11.6. The van der Waals surface area contributed by atoms with Gasteiger partial charge in [0.15, 0.2) is 5.78 Å². The molecule has 5 nitrogen and oxygen atoms in total. The Balaban J connectivity index is 2.17. The first-order chi connectivity index (χ1) is 12.4. The van der Waals surface area contributed by atoms with Gasteiger partial charge in [0.1, 0.15) is 18.2 Å². The number of hydrogen-bond donors (Lipinski definition) is 0. The lowest BCUT2D eigenvalue weighted by Crippen LogP contribution is -2.33. The van der Waals surface area contributed by atoms with Crippen molar-refractivity contribution in [1.82, 2.24) is 4.98 Å². The number of carbonyl (C=O) groups excluding carboxylic acids is 1. The molecule has 0 fully saturated rings. The third-order valence-electron chi connectivity index (χ3n) is 4.49. The first-order valence-electron chi connectivity index (χ1n) is 8.75. The third-order valence-corrected chi connectivity index (χ3v) is 4.49. The molecule has 0 atom stereocenters. The number of rotatable bonds is 5. The fraction of sp³-hybridized carbons (Fsp3) is 0.381. The SMILES string of the molecule is CCC(=O)COc1nc2c(c(-c3ccccc3)c1C#N)COC(C)(C)C2. The van der Waals surface area contributed by atoms with Gasteiger partial charge in [-0.15, -0.1) is 0 Å². The number of carbonyl (C=O) groups is 1. The Morgan fingerprint density at radius 3 is 2.73 bits per heavy atom. The van der Waals surface area contributed by atoms with E-state index >= 15 is 0 Å². The van der Waals surface area contributed by atoms with Gasteiger partial charge in [-0.05, 0) is 19.4 Å². The molecule has 0 unspecified atom stereocenters. The Bertz CT molecular complexity index is 867. The van der Waals surface area contributed by atoms with E-state index in [2.05, 4.69) is 11.1 Å². The summed E-state index contributed by atoms with van der Waals surface area (Å²) in [6.45, 7) is 6.12. The summed E-state index contributed by atoms with van der Waals surface area (Å²) in [5.41, 5.74) is 3.49. The quantitative estimate of drug-likeness (QED) is 0.819. The topological polar surface area (TPSA) is 72.2 Å². The number of hydrogen-bond acceptors (Lipinski definition) is 5. The highest BCUT2D eigenvalue weighted by Crippen LogP contribution is 2.39. The van der Waals surface area contributed by atoms with E-state index in [1.54, 1.807) is 6.92 Å². The van der Waals surface area contributed by atoms with Gasteiger partial charge in [-0.3, -0.25) is 4.79 Å². The summed E-state index contributed by atoms with van der Waals surface area (Å²) >= 11 is 0. The van der Waals surface area contributed by atoms with Gasteiger partial charge in [-0.2, -0.15) is 5.26 Å². The number of nitriles is 1. The van der Waals surface area contributed by atoms with Crippen LogP contribution in [0.4, 0.5) is 0 Å². The molecular formula is C21H22N2O3. The fourth-order valence-corrected chi connectivity index (χ4v) is 3.05. The van der Waals surface area contributed by atoms with Gasteiger partial charge in [-0.25, -0.2) is 4.98 Å². The molecule has 26 heavy (non-hydrogen) atoms. The predicted octanol–water partition coefficient (Wildman–Crippen LogP) is 3.83. The molecule has 1 aliphatic rings. The van der Waals surface area contributed by atoms with Crippen LogP contribution in [-0.4, -0.2) is 23.0 Å². The monoisotopic (exact) mass is 350 g/mol. The molecule has 1 aromatic carbocycles. The molecule has 0 spiro atoms. The highest BCUT2D eigenvalue weighted by molar-refractivity contribution is 5.80. The van der Waals surface area contributed by atoms with E-state index in [1.165, 1.54) is 0 Å². The number of nitrogens with zero attached hydrogens (tertiary/aromatic N) is 2. The van der Waals surface area contributed by atoms with Crippen LogP contribution in [0.2, 0.25) is 0 Å². The maximum atomic E-state index is 11.7. The lowest BCUT2D eigenvalue weighted by molar-refractivity contribution is -0.120. The second-order valence-electron chi connectivity index (χ2n) is 6.98. The van der Waals surface area contributed by atoms with Crippen molar-refractivity contribution in [3.63, 3.8) is 0 Å². The van der Waals surface area contributed by atoms with Crippen LogP contribution in [0.3, 0.4) is 0 Å². The van der Waals surface area contributed by atoms with E-state index < -0.39 is 0 Å². The van der Waals surface area contributed by atoms with Crippen LogP contribution >= 0.6 is 0 Å². The van der Waals surface area contributed by atoms with Gasteiger partial charge in [0.2, 0.25) is 5.88 Å². The lowest BCUT2D eigenvalue weighted by Gasteiger charge is -2.33. The summed E-state index contributed by atoms with van der Waals surface area (Å²) in [5.74, 6) is 0.197. The molecule has 0 saturated heterocycles. The normalized spacial score (nSPS) is 15.0. The van der Waals surface area contributed by atoms with Crippen LogP contribution in [0, 0.1) is 11.3 Å². The number of fused-ring (bicyclic) bond motifs is 1. The van der Waals surface area contributed by atoms with E-state index in [9.17, 15) is 10.1 Å². The zero-order valence-corrected chi connectivity index (χ0v) is 15.3. The zero-order valence-electron chi connectivity index (χ0n) is 15.3. The number of aromatic nitrogens is 1. The molecule has 2 heterocycles. The van der Waals surface area contributed by atoms with Crippen LogP contribution in [0.5, 0.6) is 5.88 Å². The van der Waals surface area contributed by atoms with Gasteiger partial charge in [-0.1, -0.05) is 37.3 Å². The van der Waals surface area contributed by atoms with Crippen LogP contribution in [0.25, 0.3) is 11.1 Å². The predicted molar refractivity (Wildman–Crippen MR) is 97.8 cm³/mol. The molecule has 0 bridgehead atoms. The highest BCUT2D eigenvalue weighted by Gasteiger charge is 2.32. The Labute approximate surface area is 153 Å². The molecule has 5 heteroatoms. The zero-order chi connectivity index (χ0) is 18.7. The fourth-order valence-electron chi connectivity index (χ4n) is 3.05. The Kier molecular flexibility index (Phi) is 5.06. The summed E-state index contributed by atoms with van der Waals surface area (Å²) in [4.78, 5) is 16.3. The average Bonchev–Trinajstić information content (AvgIpc) is 2.64. The van der Waals surface area contributed by atoms with Crippen molar-refractivity contribution in [2.45, 2.75) is 45.8 Å². The summed E-state index contributed by atoms with van der Waals surface area (Å²) in [5, 5.41) is 9.79. The molecule has 0 saturated carbocycles. The summed E-state index contributed by atoms with van der Waals surface area (Å²) in [7, 11) is 0. The van der Waals surface area contributed by atoms with E-state index in [4.69, 9.17) is 9.47 Å². The van der Waals surface area contributed by atoms with E-state index in [1.807, 2.05) is 44.2 Å². The first kappa shape index (κ1) is 18.1.